The van der Waals surface area contributed by atoms with Crippen molar-refractivity contribution in [3.63, 3.8) is 0 Å². The molecule has 2 rings (SSSR count). The Balaban J connectivity index is 2.42. The lowest BCUT2D eigenvalue weighted by molar-refractivity contribution is -0.383. The van der Waals surface area contributed by atoms with Crippen LogP contribution < -0.4 is 15.4 Å². The van der Waals surface area contributed by atoms with E-state index in [2.05, 4.69) is 20.6 Å². The Morgan fingerprint density at radius 3 is 2.61 bits per heavy atom. The Bertz CT molecular complexity index is 691. The first-order chi connectivity index (χ1) is 11.0. The van der Waals surface area contributed by atoms with Gasteiger partial charge in [-0.05, 0) is 32.9 Å². The van der Waals surface area contributed by atoms with Gasteiger partial charge in [-0.1, -0.05) is 12.1 Å². The van der Waals surface area contributed by atoms with Crippen LogP contribution in [0.5, 0.6) is 5.75 Å². The van der Waals surface area contributed by atoms with E-state index in [1.54, 1.807) is 12.1 Å². The van der Waals surface area contributed by atoms with Crippen LogP contribution in [0.1, 0.15) is 20.8 Å². The number of nitrogens with zero attached hydrogens (tertiary/aromatic N) is 3. The fourth-order valence-electron chi connectivity index (χ4n) is 2.00. The average Bonchev–Trinajstić information content (AvgIpc) is 2.48. The molecule has 0 aliphatic carbocycles. The van der Waals surface area contributed by atoms with Crippen molar-refractivity contribution in [2.24, 2.45) is 0 Å². The number of nitro groups is 1. The molecule has 1 heterocycles. The van der Waals surface area contributed by atoms with Gasteiger partial charge < -0.3 is 15.4 Å². The fraction of sp³-hybridized carbons (Fsp3) is 0.333. The maximum atomic E-state index is 11.4. The van der Waals surface area contributed by atoms with Crippen molar-refractivity contribution in [3.05, 3.63) is 40.7 Å². The third-order valence-electron chi connectivity index (χ3n) is 2.87. The molecule has 0 aliphatic rings. The molecule has 2 N–H and O–H groups in total. The molecule has 0 aliphatic heterocycles. The molecule has 8 heteroatoms. The predicted octanol–water partition coefficient (Wildman–Crippen LogP) is 3.35. The van der Waals surface area contributed by atoms with Crippen LogP contribution in [0.25, 0.3) is 0 Å². The van der Waals surface area contributed by atoms with E-state index >= 15 is 0 Å². The van der Waals surface area contributed by atoms with Gasteiger partial charge in [0.2, 0.25) is 11.6 Å². The zero-order chi connectivity index (χ0) is 16.8. The highest BCUT2D eigenvalue weighted by molar-refractivity contribution is 5.75. The van der Waals surface area contributed by atoms with E-state index in [1.807, 2.05) is 32.9 Å². The summed E-state index contributed by atoms with van der Waals surface area (Å²) in [7, 11) is 0. The number of anilines is 3. The van der Waals surface area contributed by atoms with Gasteiger partial charge >= 0.3 is 5.69 Å². The predicted molar refractivity (Wildman–Crippen MR) is 88.3 cm³/mol. The van der Waals surface area contributed by atoms with Crippen LogP contribution in [-0.4, -0.2) is 27.5 Å². The molecule has 0 amide bonds. The van der Waals surface area contributed by atoms with Gasteiger partial charge in [-0.3, -0.25) is 10.1 Å². The van der Waals surface area contributed by atoms with E-state index in [1.165, 1.54) is 6.33 Å². The molecule has 0 bridgehead atoms. The standard InChI is InChI=1S/C15H19N5O3/c1-4-23-12-8-6-5-7-11(12)19-15-13(20(21)22)14(16-9-17-15)18-10(2)3/h5-10H,4H2,1-3H3,(H2,16,17,18,19). The second-order valence-corrected chi connectivity index (χ2v) is 5.03. The number of nitrogens with one attached hydrogen (secondary N) is 2. The van der Waals surface area contributed by atoms with Crippen LogP contribution >= 0.6 is 0 Å². The summed E-state index contributed by atoms with van der Waals surface area (Å²) in [6, 6.07) is 7.20. The van der Waals surface area contributed by atoms with E-state index in [9.17, 15) is 10.1 Å². The molecule has 23 heavy (non-hydrogen) atoms. The fourth-order valence-corrected chi connectivity index (χ4v) is 2.00. The van der Waals surface area contributed by atoms with Gasteiger partial charge in [-0.2, -0.15) is 0 Å². The molecule has 0 atom stereocenters. The smallest absolute Gasteiger partial charge is 0.353 e. The summed E-state index contributed by atoms with van der Waals surface area (Å²) in [6.07, 6.45) is 1.28. The molecule has 122 valence electrons. The van der Waals surface area contributed by atoms with Crippen molar-refractivity contribution in [2.45, 2.75) is 26.8 Å². The topological polar surface area (TPSA) is 102 Å². The molecule has 0 spiro atoms. The lowest BCUT2D eigenvalue weighted by Crippen LogP contribution is -2.14. The number of benzene rings is 1. The Labute approximate surface area is 134 Å². The minimum atomic E-state index is -0.504. The number of ether oxygens (including phenoxy) is 1. The van der Waals surface area contributed by atoms with Crippen LogP contribution in [0.4, 0.5) is 23.0 Å². The monoisotopic (exact) mass is 317 g/mol. The molecule has 0 saturated carbocycles. The van der Waals surface area contributed by atoms with Crippen molar-refractivity contribution < 1.29 is 9.66 Å². The Morgan fingerprint density at radius 2 is 1.96 bits per heavy atom. The Hall–Kier alpha value is -2.90. The van der Waals surface area contributed by atoms with E-state index in [0.29, 0.717) is 18.0 Å². The first kappa shape index (κ1) is 16.5. The van der Waals surface area contributed by atoms with Crippen molar-refractivity contribution in [1.82, 2.24) is 9.97 Å². The Kier molecular flexibility index (Phi) is 5.29. The lowest BCUT2D eigenvalue weighted by Gasteiger charge is -2.14. The second kappa shape index (κ2) is 7.39. The largest absolute Gasteiger partial charge is 0.492 e. The molecule has 0 saturated heterocycles. The highest BCUT2D eigenvalue weighted by Gasteiger charge is 2.24. The average molecular weight is 317 g/mol. The first-order valence-electron chi connectivity index (χ1n) is 7.27. The van der Waals surface area contributed by atoms with E-state index in [0.717, 1.165) is 0 Å². The molecule has 0 radical (unpaired) electrons. The minimum absolute atomic E-state index is 0.00663. The van der Waals surface area contributed by atoms with Crippen molar-refractivity contribution >= 4 is 23.0 Å². The second-order valence-electron chi connectivity index (χ2n) is 5.03. The number of rotatable bonds is 7. The van der Waals surface area contributed by atoms with Crippen molar-refractivity contribution in [2.75, 3.05) is 17.2 Å². The minimum Gasteiger partial charge on any atom is -0.492 e. The third-order valence-corrected chi connectivity index (χ3v) is 2.87. The number of hydrogen-bond donors (Lipinski definition) is 2. The summed E-state index contributed by atoms with van der Waals surface area (Å²) >= 11 is 0. The van der Waals surface area contributed by atoms with Crippen molar-refractivity contribution in [3.8, 4) is 5.75 Å². The van der Waals surface area contributed by atoms with E-state index in [4.69, 9.17) is 4.74 Å². The van der Waals surface area contributed by atoms with Gasteiger partial charge in [0, 0.05) is 6.04 Å². The van der Waals surface area contributed by atoms with Crippen LogP contribution in [-0.2, 0) is 0 Å². The molecule has 8 nitrogen and oxygen atoms in total. The van der Waals surface area contributed by atoms with Crippen molar-refractivity contribution in [1.29, 1.82) is 0 Å². The highest BCUT2D eigenvalue weighted by Crippen LogP contribution is 2.34. The van der Waals surface area contributed by atoms with Gasteiger partial charge in [0.05, 0.1) is 17.2 Å². The summed E-state index contributed by atoms with van der Waals surface area (Å²) in [6.45, 7) is 6.12. The SMILES string of the molecule is CCOc1ccccc1Nc1ncnc(NC(C)C)c1[N+](=O)[O-]. The molecular weight excluding hydrogens is 298 g/mol. The lowest BCUT2D eigenvalue weighted by atomic mass is 10.3. The summed E-state index contributed by atoms with van der Waals surface area (Å²) in [5.41, 5.74) is 0.402. The van der Waals surface area contributed by atoms with Crippen LogP contribution in [0.15, 0.2) is 30.6 Å². The quantitative estimate of drug-likeness (QED) is 0.596. The molecule has 0 fully saturated rings. The maximum Gasteiger partial charge on any atom is 0.353 e. The number of hydrogen-bond acceptors (Lipinski definition) is 7. The highest BCUT2D eigenvalue weighted by atomic mass is 16.6. The molecule has 0 unspecified atom stereocenters. The third kappa shape index (κ3) is 4.06. The number of aromatic nitrogens is 2. The van der Waals surface area contributed by atoms with Gasteiger partial charge in [0.25, 0.3) is 0 Å². The number of para-hydroxylation sites is 2. The normalized spacial score (nSPS) is 10.4. The molecule has 1 aromatic heterocycles. The summed E-state index contributed by atoms with van der Waals surface area (Å²) in [5.74, 6) is 0.887. The Morgan fingerprint density at radius 1 is 1.26 bits per heavy atom. The van der Waals surface area contributed by atoms with Gasteiger partial charge in [0.15, 0.2) is 0 Å². The van der Waals surface area contributed by atoms with Gasteiger partial charge in [0.1, 0.15) is 12.1 Å². The molecular formula is C15H19N5O3. The van der Waals surface area contributed by atoms with Crippen LogP contribution in [0.3, 0.4) is 0 Å². The van der Waals surface area contributed by atoms with Crippen LogP contribution in [0.2, 0.25) is 0 Å². The van der Waals surface area contributed by atoms with Gasteiger partial charge in [-0.25, -0.2) is 9.97 Å². The van der Waals surface area contributed by atoms with Gasteiger partial charge in [-0.15, -0.1) is 0 Å². The molecule has 1 aromatic carbocycles. The first-order valence-corrected chi connectivity index (χ1v) is 7.27. The zero-order valence-corrected chi connectivity index (χ0v) is 13.2. The maximum absolute atomic E-state index is 11.4. The molecule has 2 aromatic rings. The summed E-state index contributed by atoms with van der Waals surface area (Å²) in [4.78, 5) is 18.9. The summed E-state index contributed by atoms with van der Waals surface area (Å²) in [5, 5.41) is 17.4. The zero-order valence-electron chi connectivity index (χ0n) is 13.2. The van der Waals surface area contributed by atoms with E-state index < -0.39 is 4.92 Å². The summed E-state index contributed by atoms with van der Waals surface area (Å²) < 4.78 is 5.51. The van der Waals surface area contributed by atoms with E-state index in [-0.39, 0.29) is 23.4 Å². The van der Waals surface area contributed by atoms with Crippen LogP contribution in [0, 0.1) is 10.1 Å².